The third-order valence-corrected chi connectivity index (χ3v) is 4.87. The maximum absolute atomic E-state index is 12.1. The number of thiophene rings is 1. The summed E-state index contributed by atoms with van der Waals surface area (Å²) in [7, 11) is 0. The number of hydrazone groups is 1. The lowest BCUT2D eigenvalue weighted by Crippen LogP contribution is -2.19. The van der Waals surface area contributed by atoms with Gasteiger partial charge in [0.1, 0.15) is 0 Å². The number of aryl methyl sites for hydroxylation is 1. The van der Waals surface area contributed by atoms with E-state index in [0.717, 1.165) is 17.0 Å². The minimum atomic E-state index is -0.179. The zero-order valence-corrected chi connectivity index (χ0v) is 14.3. The molecule has 1 N–H and O–H groups in total. The predicted molar refractivity (Wildman–Crippen MR) is 93.9 cm³/mol. The lowest BCUT2D eigenvalue weighted by molar-refractivity contribution is 0.0955. The third kappa shape index (κ3) is 4.04. The van der Waals surface area contributed by atoms with Crippen LogP contribution in [0.5, 0.6) is 0 Å². The second-order valence-electron chi connectivity index (χ2n) is 5.53. The third-order valence-electron chi connectivity index (χ3n) is 3.53. The van der Waals surface area contributed by atoms with E-state index in [2.05, 4.69) is 37.4 Å². The van der Waals surface area contributed by atoms with E-state index in [9.17, 15) is 4.79 Å². The lowest BCUT2D eigenvalue weighted by atomic mass is 10.0. The van der Waals surface area contributed by atoms with Crippen LogP contribution in [0.2, 0.25) is 0 Å². The van der Waals surface area contributed by atoms with E-state index in [4.69, 9.17) is 0 Å². The molecule has 2 aromatic rings. The largest absolute Gasteiger partial charge is 0.271 e. The molecule has 1 heterocycles. The molecule has 4 heteroatoms. The van der Waals surface area contributed by atoms with Crippen LogP contribution in [0.25, 0.3) is 0 Å². The molecule has 0 aliphatic heterocycles. The molecule has 0 saturated heterocycles. The van der Waals surface area contributed by atoms with E-state index in [1.165, 1.54) is 10.4 Å². The van der Waals surface area contributed by atoms with Crippen molar-refractivity contribution in [1.82, 2.24) is 5.43 Å². The van der Waals surface area contributed by atoms with Gasteiger partial charge in [0.25, 0.3) is 5.91 Å². The average molecular weight is 314 g/mol. The van der Waals surface area contributed by atoms with E-state index < -0.39 is 0 Å². The van der Waals surface area contributed by atoms with Crippen LogP contribution in [0.3, 0.4) is 0 Å². The topological polar surface area (TPSA) is 41.5 Å². The maximum Gasteiger partial charge on any atom is 0.271 e. The van der Waals surface area contributed by atoms with Crippen LogP contribution in [-0.2, 0) is 6.42 Å². The summed E-state index contributed by atoms with van der Waals surface area (Å²) in [5.41, 5.74) is 5.31. The van der Waals surface area contributed by atoms with Gasteiger partial charge in [-0.2, -0.15) is 5.10 Å². The molecule has 2 rings (SSSR count). The molecule has 0 bridgehead atoms. The van der Waals surface area contributed by atoms with E-state index in [-0.39, 0.29) is 5.91 Å². The highest BCUT2D eigenvalue weighted by Crippen LogP contribution is 2.18. The van der Waals surface area contributed by atoms with E-state index in [1.807, 2.05) is 37.3 Å². The number of carbonyl (C=O) groups is 1. The van der Waals surface area contributed by atoms with Crippen molar-refractivity contribution in [3.05, 3.63) is 57.3 Å². The highest BCUT2D eigenvalue weighted by molar-refractivity contribution is 7.14. The molecule has 3 nitrogen and oxygen atoms in total. The minimum absolute atomic E-state index is 0.179. The first kappa shape index (κ1) is 16.4. The van der Waals surface area contributed by atoms with Crippen molar-refractivity contribution >= 4 is 23.0 Å². The van der Waals surface area contributed by atoms with Crippen molar-refractivity contribution in [3.63, 3.8) is 0 Å². The molecular formula is C18H22N2OS. The minimum Gasteiger partial charge on any atom is -0.267 e. The Kier molecular flexibility index (Phi) is 5.50. The van der Waals surface area contributed by atoms with Gasteiger partial charge in [0.05, 0.1) is 10.6 Å². The molecule has 0 unspecified atom stereocenters. The van der Waals surface area contributed by atoms with Crippen molar-refractivity contribution in [2.75, 3.05) is 0 Å². The SMILES string of the molecule is CCc1ccc(C(C)=NNC(=O)c2ccc(C(C)C)cc2)s1. The van der Waals surface area contributed by atoms with Crippen molar-refractivity contribution in [2.24, 2.45) is 5.10 Å². The Morgan fingerprint density at radius 3 is 2.41 bits per heavy atom. The molecule has 116 valence electrons. The monoisotopic (exact) mass is 314 g/mol. The van der Waals surface area contributed by atoms with Crippen LogP contribution in [0.1, 0.15) is 59.3 Å². The van der Waals surface area contributed by atoms with E-state index in [1.54, 1.807) is 11.3 Å². The maximum atomic E-state index is 12.1. The molecule has 0 aliphatic carbocycles. The van der Waals surface area contributed by atoms with Crippen LogP contribution in [0.15, 0.2) is 41.5 Å². The van der Waals surface area contributed by atoms with Gasteiger partial charge in [-0.15, -0.1) is 11.3 Å². The molecule has 0 saturated carbocycles. The number of amides is 1. The van der Waals surface area contributed by atoms with Gasteiger partial charge in [-0.05, 0) is 49.1 Å². The summed E-state index contributed by atoms with van der Waals surface area (Å²) in [5.74, 6) is 0.283. The van der Waals surface area contributed by atoms with Gasteiger partial charge in [0, 0.05) is 10.4 Å². The smallest absolute Gasteiger partial charge is 0.267 e. The summed E-state index contributed by atoms with van der Waals surface area (Å²) in [6, 6.07) is 11.8. The Balaban J connectivity index is 2.03. The Morgan fingerprint density at radius 2 is 1.86 bits per heavy atom. The Hall–Kier alpha value is -1.94. The van der Waals surface area contributed by atoms with Crippen molar-refractivity contribution in [2.45, 2.75) is 40.0 Å². The number of carbonyl (C=O) groups excluding carboxylic acids is 1. The average Bonchev–Trinajstić information content (AvgIpc) is 3.01. The van der Waals surface area contributed by atoms with Crippen LogP contribution in [0, 0.1) is 0 Å². The molecule has 1 aromatic heterocycles. The van der Waals surface area contributed by atoms with E-state index >= 15 is 0 Å². The molecule has 0 aliphatic rings. The summed E-state index contributed by atoms with van der Waals surface area (Å²) in [6.45, 7) is 8.31. The van der Waals surface area contributed by atoms with Gasteiger partial charge < -0.3 is 0 Å². The molecule has 0 radical (unpaired) electrons. The number of rotatable bonds is 5. The van der Waals surface area contributed by atoms with Gasteiger partial charge >= 0.3 is 0 Å². The number of hydrogen-bond donors (Lipinski definition) is 1. The molecule has 1 aromatic carbocycles. The standard InChI is InChI=1S/C18H22N2OS/c1-5-16-10-11-17(22-16)13(4)19-20-18(21)15-8-6-14(7-9-15)12(2)3/h6-12H,5H2,1-4H3,(H,20,21). The van der Waals surface area contributed by atoms with Gasteiger partial charge in [-0.1, -0.05) is 32.9 Å². The van der Waals surface area contributed by atoms with Gasteiger partial charge in [-0.25, -0.2) is 5.43 Å². The zero-order valence-electron chi connectivity index (χ0n) is 13.5. The predicted octanol–water partition coefficient (Wildman–Crippen LogP) is 4.59. The van der Waals surface area contributed by atoms with Crippen LogP contribution >= 0.6 is 11.3 Å². The van der Waals surface area contributed by atoms with E-state index in [0.29, 0.717) is 11.5 Å². The van der Waals surface area contributed by atoms with Crippen LogP contribution in [-0.4, -0.2) is 11.6 Å². The molecule has 0 fully saturated rings. The Morgan fingerprint density at radius 1 is 1.18 bits per heavy atom. The summed E-state index contributed by atoms with van der Waals surface area (Å²) in [4.78, 5) is 14.5. The number of hydrogen-bond acceptors (Lipinski definition) is 3. The first-order valence-corrected chi connectivity index (χ1v) is 8.36. The Labute approximate surface area is 136 Å². The van der Waals surface area contributed by atoms with Gasteiger partial charge in [-0.3, -0.25) is 4.79 Å². The highest BCUT2D eigenvalue weighted by Gasteiger charge is 2.07. The number of nitrogens with one attached hydrogen (secondary N) is 1. The Bertz CT molecular complexity index is 669. The molecule has 0 atom stereocenters. The molecular weight excluding hydrogens is 292 g/mol. The zero-order chi connectivity index (χ0) is 16.1. The highest BCUT2D eigenvalue weighted by atomic mass is 32.1. The second-order valence-corrected chi connectivity index (χ2v) is 6.70. The molecule has 1 amide bonds. The van der Waals surface area contributed by atoms with Crippen LogP contribution in [0.4, 0.5) is 0 Å². The van der Waals surface area contributed by atoms with Gasteiger partial charge in [0.2, 0.25) is 0 Å². The number of benzene rings is 1. The number of nitrogens with zero attached hydrogens (tertiary/aromatic N) is 1. The first-order valence-electron chi connectivity index (χ1n) is 7.55. The summed E-state index contributed by atoms with van der Waals surface area (Å²) in [6.07, 6.45) is 1.02. The summed E-state index contributed by atoms with van der Waals surface area (Å²) >= 11 is 1.71. The van der Waals surface area contributed by atoms with Crippen molar-refractivity contribution < 1.29 is 4.79 Å². The first-order chi connectivity index (χ1) is 10.5. The summed E-state index contributed by atoms with van der Waals surface area (Å²) in [5, 5.41) is 4.20. The normalized spacial score (nSPS) is 11.8. The van der Waals surface area contributed by atoms with Gasteiger partial charge in [0.15, 0.2) is 0 Å². The van der Waals surface area contributed by atoms with Crippen molar-refractivity contribution in [1.29, 1.82) is 0 Å². The molecule has 0 spiro atoms. The fourth-order valence-electron chi connectivity index (χ4n) is 2.04. The quantitative estimate of drug-likeness (QED) is 0.636. The fourth-order valence-corrected chi connectivity index (χ4v) is 2.93. The van der Waals surface area contributed by atoms with Crippen LogP contribution < -0.4 is 5.43 Å². The fraction of sp³-hybridized carbons (Fsp3) is 0.333. The summed E-state index contributed by atoms with van der Waals surface area (Å²) < 4.78 is 0. The van der Waals surface area contributed by atoms with Crippen molar-refractivity contribution in [3.8, 4) is 0 Å². The molecule has 22 heavy (non-hydrogen) atoms. The second kappa shape index (κ2) is 7.36. The lowest BCUT2D eigenvalue weighted by Gasteiger charge is -2.06.